The number of rotatable bonds is 3. The third-order valence-electron chi connectivity index (χ3n) is 6.18. The van der Waals surface area contributed by atoms with E-state index in [4.69, 9.17) is 9.72 Å². The van der Waals surface area contributed by atoms with Gasteiger partial charge < -0.3 is 4.74 Å². The third-order valence-corrected chi connectivity index (χ3v) is 6.18. The third kappa shape index (κ3) is 3.32. The van der Waals surface area contributed by atoms with E-state index in [-0.39, 0.29) is 0 Å². The van der Waals surface area contributed by atoms with Gasteiger partial charge in [-0.3, -0.25) is 4.98 Å². The molecule has 0 bridgehead atoms. The van der Waals surface area contributed by atoms with E-state index in [1.165, 1.54) is 11.1 Å². The quantitative estimate of drug-likeness (QED) is 0.209. The number of ether oxygens (including phenoxy) is 1. The highest BCUT2D eigenvalue weighted by atomic mass is 16.5. The summed E-state index contributed by atoms with van der Waals surface area (Å²) in [5, 5.41) is 5.51. The van der Waals surface area contributed by atoms with Gasteiger partial charge in [0.25, 0.3) is 0 Å². The molecule has 0 aliphatic heterocycles. The molecule has 2 heteroatoms. The lowest BCUT2D eigenvalue weighted by molar-refractivity contribution is 0.493. The Balaban J connectivity index is 1.79. The van der Waals surface area contributed by atoms with E-state index in [0.29, 0.717) is 0 Å². The predicted octanol–water partition coefficient (Wildman–Crippen LogP) is 8.62. The highest BCUT2D eigenvalue weighted by molar-refractivity contribution is 6.22. The Morgan fingerprint density at radius 1 is 0.636 bits per heavy atom. The van der Waals surface area contributed by atoms with Crippen LogP contribution in [0.15, 0.2) is 103 Å². The van der Waals surface area contributed by atoms with Gasteiger partial charge in [-0.1, -0.05) is 84.9 Å². The van der Waals surface area contributed by atoms with Gasteiger partial charge in [-0.05, 0) is 53.4 Å². The molecule has 0 aliphatic rings. The summed E-state index contributed by atoms with van der Waals surface area (Å²) in [4.78, 5) is 4.99. The lowest BCUT2D eigenvalue weighted by atomic mass is 9.92. The average Bonchev–Trinajstić information content (AvgIpc) is 2.83. The first-order chi connectivity index (χ1) is 16.2. The number of benzene rings is 5. The molecule has 5 aromatic carbocycles. The van der Waals surface area contributed by atoms with Gasteiger partial charge in [-0.15, -0.1) is 0 Å². The van der Waals surface area contributed by atoms with Crippen molar-refractivity contribution in [2.24, 2.45) is 0 Å². The Morgan fingerprint density at radius 3 is 2.03 bits per heavy atom. The maximum atomic E-state index is 6.73. The van der Waals surface area contributed by atoms with E-state index in [9.17, 15) is 0 Å². The molecular formula is C31H23NO. The van der Waals surface area contributed by atoms with Crippen molar-refractivity contribution in [2.45, 2.75) is 13.8 Å². The number of hydrogen-bond donors (Lipinski definition) is 0. The monoisotopic (exact) mass is 425 g/mol. The molecule has 6 rings (SSSR count). The maximum Gasteiger partial charge on any atom is 0.145 e. The summed E-state index contributed by atoms with van der Waals surface area (Å²) in [6.07, 6.45) is 1.97. The summed E-state index contributed by atoms with van der Waals surface area (Å²) < 4.78 is 6.73. The summed E-state index contributed by atoms with van der Waals surface area (Å²) in [5.41, 5.74) is 5.61. The molecule has 2 nitrogen and oxygen atoms in total. The number of fused-ring (bicyclic) bond motifs is 4. The van der Waals surface area contributed by atoms with Crippen LogP contribution in [0, 0.1) is 13.8 Å². The minimum Gasteiger partial charge on any atom is -0.456 e. The number of hydrogen-bond acceptors (Lipinski definition) is 2. The molecule has 1 aromatic heterocycles. The van der Waals surface area contributed by atoms with E-state index < -0.39 is 0 Å². The fraction of sp³-hybridized carbons (Fsp3) is 0.0645. The Hall–Kier alpha value is -4.17. The van der Waals surface area contributed by atoms with Crippen molar-refractivity contribution in [1.82, 2.24) is 4.98 Å². The van der Waals surface area contributed by atoms with Crippen molar-refractivity contribution < 1.29 is 4.74 Å². The Labute approximate surface area is 193 Å². The number of nitrogens with zero attached hydrogens (tertiary/aromatic N) is 1. The molecule has 33 heavy (non-hydrogen) atoms. The van der Waals surface area contributed by atoms with Crippen molar-refractivity contribution in [1.29, 1.82) is 0 Å². The van der Waals surface area contributed by atoms with Crippen molar-refractivity contribution in [3.05, 3.63) is 114 Å². The van der Waals surface area contributed by atoms with Crippen LogP contribution < -0.4 is 4.74 Å². The molecule has 0 aliphatic carbocycles. The van der Waals surface area contributed by atoms with Crippen LogP contribution in [0.5, 0.6) is 11.5 Å². The molecule has 6 aromatic rings. The van der Waals surface area contributed by atoms with Gasteiger partial charge in [-0.2, -0.15) is 0 Å². The van der Waals surface area contributed by atoms with Crippen molar-refractivity contribution in [3.8, 4) is 22.6 Å². The Kier molecular flexibility index (Phi) is 4.58. The van der Waals surface area contributed by atoms with Gasteiger partial charge in [-0.25, -0.2) is 0 Å². The summed E-state index contributed by atoms with van der Waals surface area (Å²) in [6.45, 7) is 4.21. The molecule has 0 saturated carbocycles. The highest BCUT2D eigenvalue weighted by Gasteiger charge is 2.20. The van der Waals surface area contributed by atoms with Crippen LogP contribution >= 0.6 is 0 Å². The van der Waals surface area contributed by atoms with Crippen LogP contribution in [0.3, 0.4) is 0 Å². The molecule has 0 fully saturated rings. The van der Waals surface area contributed by atoms with Gasteiger partial charge >= 0.3 is 0 Å². The molecule has 0 spiro atoms. The van der Waals surface area contributed by atoms with Gasteiger partial charge in [0.2, 0.25) is 0 Å². The maximum absolute atomic E-state index is 6.73. The summed E-state index contributed by atoms with van der Waals surface area (Å²) >= 11 is 0. The molecule has 0 atom stereocenters. The zero-order valence-corrected chi connectivity index (χ0v) is 18.7. The van der Waals surface area contributed by atoms with Crippen molar-refractivity contribution in [3.63, 3.8) is 0 Å². The fourth-order valence-corrected chi connectivity index (χ4v) is 4.86. The fourth-order valence-electron chi connectivity index (χ4n) is 4.86. The predicted molar refractivity (Wildman–Crippen MR) is 138 cm³/mol. The van der Waals surface area contributed by atoms with E-state index in [2.05, 4.69) is 105 Å². The second-order valence-corrected chi connectivity index (χ2v) is 8.61. The second kappa shape index (κ2) is 7.75. The summed E-state index contributed by atoms with van der Waals surface area (Å²) in [7, 11) is 0. The van der Waals surface area contributed by atoms with Gasteiger partial charge in [0.15, 0.2) is 0 Å². The van der Waals surface area contributed by atoms with Crippen molar-refractivity contribution >= 4 is 32.4 Å². The SMILES string of the molecule is Cc1cc(C)cc(Oc2c3ccccc3c(-c3ccccc3)c3ncc4ccccc4c23)c1. The number of aromatic nitrogens is 1. The van der Waals surface area contributed by atoms with E-state index in [0.717, 1.165) is 55.1 Å². The standard InChI is InChI=1S/C31H23NO/c1-20-16-21(2)18-24(17-20)33-31-27-15-9-8-14-26(27)28(22-10-4-3-5-11-22)30-29(31)25-13-7-6-12-23(25)19-32-30/h3-19H,1-2H3. The molecule has 0 radical (unpaired) electrons. The largest absolute Gasteiger partial charge is 0.456 e. The van der Waals surface area contributed by atoms with Gasteiger partial charge in [0.05, 0.1) is 10.9 Å². The van der Waals surface area contributed by atoms with Gasteiger partial charge in [0, 0.05) is 22.5 Å². The van der Waals surface area contributed by atoms with E-state index in [1.807, 2.05) is 12.3 Å². The van der Waals surface area contributed by atoms with Crippen LogP contribution in [-0.2, 0) is 0 Å². The van der Waals surface area contributed by atoms with Crippen LogP contribution in [0.2, 0.25) is 0 Å². The second-order valence-electron chi connectivity index (χ2n) is 8.61. The minimum absolute atomic E-state index is 0.847. The molecule has 0 N–H and O–H groups in total. The van der Waals surface area contributed by atoms with Crippen LogP contribution in [0.4, 0.5) is 0 Å². The average molecular weight is 426 g/mol. The lowest BCUT2D eigenvalue weighted by Gasteiger charge is -2.18. The van der Waals surface area contributed by atoms with Crippen LogP contribution in [-0.4, -0.2) is 4.98 Å². The molecule has 0 amide bonds. The Bertz CT molecular complexity index is 1630. The molecule has 0 saturated heterocycles. The molecule has 1 heterocycles. The molecule has 0 unspecified atom stereocenters. The normalized spacial score (nSPS) is 11.3. The topological polar surface area (TPSA) is 22.1 Å². The summed E-state index contributed by atoms with van der Waals surface area (Å²) in [5.74, 6) is 1.70. The lowest BCUT2D eigenvalue weighted by Crippen LogP contribution is -1.95. The Morgan fingerprint density at radius 2 is 1.27 bits per heavy atom. The van der Waals surface area contributed by atoms with E-state index in [1.54, 1.807) is 0 Å². The molecule has 158 valence electrons. The minimum atomic E-state index is 0.847. The first-order valence-corrected chi connectivity index (χ1v) is 11.2. The van der Waals surface area contributed by atoms with Crippen LogP contribution in [0.25, 0.3) is 43.6 Å². The zero-order valence-electron chi connectivity index (χ0n) is 18.7. The van der Waals surface area contributed by atoms with Gasteiger partial charge in [0.1, 0.15) is 11.5 Å². The van der Waals surface area contributed by atoms with Crippen LogP contribution in [0.1, 0.15) is 11.1 Å². The summed E-state index contributed by atoms with van der Waals surface area (Å²) in [6, 6.07) is 33.8. The first-order valence-electron chi connectivity index (χ1n) is 11.2. The first kappa shape index (κ1) is 19.5. The highest BCUT2D eigenvalue weighted by Crippen LogP contribution is 2.46. The molecular weight excluding hydrogens is 402 g/mol. The number of pyridine rings is 1. The zero-order chi connectivity index (χ0) is 22.4. The number of aryl methyl sites for hydroxylation is 2. The van der Waals surface area contributed by atoms with E-state index >= 15 is 0 Å². The van der Waals surface area contributed by atoms with Crippen molar-refractivity contribution in [2.75, 3.05) is 0 Å². The smallest absolute Gasteiger partial charge is 0.145 e.